The molecule has 0 unspecified atom stereocenters. The van der Waals surface area contributed by atoms with Crippen molar-refractivity contribution >= 4 is 0 Å². The van der Waals surface area contributed by atoms with Gasteiger partial charge in [0.2, 0.25) is 0 Å². The van der Waals surface area contributed by atoms with E-state index in [1.807, 2.05) is 0 Å². The Balaban J connectivity index is 1.72. The van der Waals surface area contributed by atoms with Gasteiger partial charge < -0.3 is 4.90 Å². The van der Waals surface area contributed by atoms with Gasteiger partial charge in [0.25, 0.3) is 0 Å². The minimum absolute atomic E-state index is 0.701. The molecule has 1 aliphatic carbocycles. The van der Waals surface area contributed by atoms with Crippen molar-refractivity contribution in [1.29, 1.82) is 0 Å². The van der Waals surface area contributed by atoms with E-state index in [0.717, 1.165) is 5.92 Å². The molecule has 0 amide bonds. The molecule has 1 aliphatic heterocycles. The van der Waals surface area contributed by atoms with Gasteiger partial charge in [-0.2, -0.15) is 0 Å². The molecule has 81 valence electrons. The molecule has 0 aromatic heterocycles. The Morgan fingerprint density at radius 3 is 2.50 bits per heavy atom. The monoisotopic (exact) mass is 194 g/mol. The third-order valence-corrected chi connectivity index (χ3v) is 3.84. The van der Waals surface area contributed by atoms with Crippen LogP contribution in [0.4, 0.5) is 0 Å². The van der Waals surface area contributed by atoms with Crippen molar-refractivity contribution in [3.63, 3.8) is 0 Å². The van der Waals surface area contributed by atoms with Gasteiger partial charge in [0.1, 0.15) is 0 Å². The van der Waals surface area contributed by atoms with Crippen LogP contribution < -0.4 is 0 Å². The van der Waals surface area contributed by atoms with Crippen LogP contribution in [0.1, 0.15) is 44.9 Å². The molecule has 2 aliphatic rings. The van der Waals surface area contributed by atoms with E-state index in [4.69, 9.17) is 0 Å². The van der Waals surface area contributed by atoms with E-state index in [2.05, 4.69) is 11.8 Å². The summed E-state index contributed by atoms with van der Waals surface area (Å²) in [6.45, 7) is 8.16. The lowest BCUT2D eigenvalue weighted by molar-refractivity contribution is 0.152. The molecule has 2 rings (SSSR count). The predicted octanol–water partition coefficient (Wildman–Crippen LogP) is 3.11. The molecule has 0 aromatic carbocycles. The largest absolute Gasteiger partial charge is 0.303 e. The first-order chi connectivity index (χ1) is 6.84. The van der Waals surface area contributed by atoms with Crippen molar-refractivity contribution in [2.75, 3.05) is 19.6 Å². The number of likely N-dealkylation sites (tertiary alicyclic amines) is 1. The van der Waals surface area contributed by atoms with Gasteiger partial charge in [0.15, 0.2) is 0 Å². The summed E-state index contributed by atoms with van der Waals surface area (Å²) in [6, 6.07) is 0. The third kappa shape index (κ3) is 2.98. The van der Waals surface area contributed by atoms with Crippen LogP contribution in [0, 0.1) is 18.8 Å². The Bertz CT molecular complexity index is 161. The zero-order chi connectivity index (χ0) is 9.80. The maximum absolute atomic E-state index is 4.20. The molecule has 1 saturated carbocycles. The average molecular weight is 194 g/mol. The van der Waals surface area contributed by atoms with Gasteiger partial charge in [-0.25, -0.2) is 0 Å². The number of rotatable bonds is 2. The molecule has 0 N–H and O–H groups in total. The molecular formula is C13H24N. The third-order valence-electron chi connectivity index (χ3n) is 3.84. The van der Waals surface area contributed by atoms with Gasteiger partial charge in [0, 0.05) is 13.1 Å². The lowest BCUT2D eigenvalue weighted by atomic mass is 9.88. The Hall–Kier alpha value is -0.0400. The normalized spacial score (nSPS) is 31.9. The standard InChI is InChI=1S/C13H24N/c1-12-6-5-9-14(10-12)11-13-7-3-2-4-8-13/h12-13H,1-11H2/t12-/m1/s1. The molecule has 0 aromatic rings. The fourth-order valence-electron chi connectivity index (χ4n) is 3.05. The number of piperidine rings is 1. The summed E-state index contributed by atoms with van der Waals surface area (Å²) < 4.78 is 0. The quantitative estimate of drug-likeness (QED) is 0.653. The van der Waals surface area contributed by atoms with Gasteiger partial charge in [-0.05, 0) is 51.0 Å². The van der Waals surface area contributed by atoms with Gasteiger partial charge in [-0.3, -0.25) is 0 Å². The van der Waals surface area contributed by atoms with Crippen molar-refractivity contribution in [2.24, 2.45) is 11.8 Å². The van der Waals surface area contributed by atoms with Gasteiger partial charge in [0.05, 0.1) is 0 Å². The van der Waals surface area contributed by atoms with Crippen LogP contribution in [-0.4, -0.2) is 24.5 Å². The summed E-state index contributed by atoms with van der Waals surface area (Å²) in [5, 5.41) is 0. The molecule has 1 radical (unpaired) electrons. The summed E-state index contributed by atoms with van der Waals surface area (Å²) in [4.78, 5) is 2.66. The van der Waals surface area contributed by atoms with E-state index in [1.54, 1.807) is 0 Å². The highest BCUT2D eigenvalue weighted by Crippen LogP contribution is 2.26. The second kappa shape index (κ2) is 5.16. The molecule has 14 heavy (non-hydrogen) atoms. The fourth-order valence-corrected chi connectivity index (χ4v) is 3.05. The topological polar surface area (TPSA) is 3.24 Å². The number of hydrogen-bond donors (Lipinski definition) is 0. The lowest BCUT2D eigenvalue weighted by Gasteiger charge is -2.34. The molecule has 1 saturated heterocycles. The molecule has 2 fully saturated rings. The number of nitrogens with zero attached hydrogens (tertiary/aromatic N) is 1. The SMILES string of the molecule is [CH2][C@@H]1CCCN(CC2CCCCC2)C1. The van der Waals surface area contributed by atoms with Crippen molar-refractivity contribution < 1.29 is 0 Å². The highest BCUT2D eigenvalue weighted by molar-refractivity contribution is 4.77. The predicted molar refractivity (Wildman–Crippen MR) is 61.1 cm³/mol. The van der Waals surface area contributed by atoms with E-state index in [-0.39, 0.29) is 0 Å². The Morgan fingerprint density at radius 2 is 1.79 bits per heavy atom. The molecule has 0 bridgehead atoms. The highest BCUT2D eigenvalue weighted by atomic mass is 15.1. The van der Waals surface area contributed by atoms with E-state index in [9.17, 15) is 0 Å². The van der Waals surface area contributed by atoms with Crippen molar-refractivity contribution in [3.8, 4) is 0 Å². The highest BCUT2D eigenvalue weighted by Gasteiger charge is 2.21. The summed E-state index contributed by atoms with van der Waals surface area (Å²) in [6.07, 6.45) is 10.1. The summed E-state index contributed by atoms with van der Waals surface area (Å²) in [5.74, 6) is 1.71. The van der Waals surface area contributed by atoms with Crippen LogP contribution in [0.15, 0.2) is 0 Å². The van der Waals surface area contributed by atoms with Crippen LogP contribution >= 0.6 is 0 Å². The Kier molecular flexibility index (Phi) is 3.86. The second-order valence-electron chi connectivity index (χ2n) is 5.27. The Morgan fingerprint density at radius 1 is 1.00 bits per heavy atom. The minimum atomic E-state index is 0.701. The maximum atomic E-state index is 4.20. The summed E-state index contributed by atoms with van der Waals surface area (Å²) >= 11 is 0. The summed E-state index contributed by atoms with van der Waals surface area (Å²) in [5.41, 5.74) is 0. The number of hydrogen-bond acceptors (Lipinski definition) is 1. The van der Waals surface area contributed by atoms with Crippen molar-refractivity contribution in [2.45, 2.75) is 44.9 Å². The molecular weight excluding hydrogens is 170 g/mol. The fraction of sp³-hybridized carbons (Fsp3) is 0.923. The minimum Gasteiger partial charge on any atom is -0.303 e. The average Bonchev–Trinajstić information content (AvgIpc) is 2.19. The molecule has 0 spiro atoms. The summed E-state index contributed by atoms with van der Waals surface area (Å²) in [7, 11) is 0. The zero-order valence-electron chi connectivity index (χ0n) is 9.38. The molecule has 1 nitrogen and oxygen atoms in total. The van der Waals surface area contributed by atoms with Crippen LogP contribution in [-0.2, 0) is 0 Å². The van der Waals surface area contributed by atoms with Gasteiger partial charge in [-0.1, -0.05) is 19.3 Å². The van der Waals surface area contributed by atoms with Crippen LogP contribution in [0.3, 0.4) is 0 Å². The van der Waals surface area contributed by atoms with E-state index < -0.39 is 0 Å². The van der Waals surface area contributed by atoms with Crippen LogP contribution in [0.5, 0.6) is 0 Å². The first-order valence-electron chi connectivity index (χ1n) is 6.40. The smallest absolute Gasteiger partial charge is 0.000978 e. The maximum Gasteiger partial charge on any atom is 0.000978 e. The molecule has 1 heterocycles. The molecule has 1 heteroatoms. The van der Waals surface area contributed by atoms with Crippen molar-refractivity contribution in [1.82, 2.24) is 4.90 Å². The molecule has 1 atom stereocenters. The first-order valence-corrected chi connectivity index (χ1v) is 6.40. The van der Waals surface area contributed by atoms with E-state index >= 15 is 0 Å². The zero-order valence-corrected chi connectivity index (χ0v) is 9.38. The Labute approximate surface area is 88.9 Å². The van der Waals surface area contributed by atoms with Crippen molar-refractivity contribution in [3.05, 3.63) is 6.92 Å². The van der Waals surface area contributed by atoms with E-state index in [0.29, 0.717) is 5.92 Å². The second-order valence-corrected chi connectivity index (χ2v) is 5.27. The van der Waals surface area contributed by atoms with Crippen LogP contribution in [0.25, 0.3) is 0 Å². The lowest BCUT2D eigenvalue weighted by Crippen LogP contribution is -2.38. The van der Waals surface area contributed by atoms with E-state index in [1.165, 1.54) is 64.6 Å². The first kappa shape index (κ1) is 10.5. The van der Waals surface area contributed by atoms with Crippen LogP contribution in [0.2, 0.25) is 0 Å². The van der Waals surface area contributed by atoms with Gasteiger partial charge >= 0.3 is 0 Å². The van der Waals surface area contributed by atoms with Gasteiger partial charge in [-0.15, -0.1) is 0 Å².